The third-order valence-corrected chi connectivity index (χ3v) is 8.30. The highest BCUT2D eigenvalue weighted by Crippen LogP contribution is 2.55. The molecule has 0 aliphatic rings. The molecule has 1 aromatic carbocycles. The first-order valence-corrected chi connectivity index (χ1v) is 14.4. The van der Waals surface area contributed by atoms with Crippen LogP contribution in [0, 0.1) is 0 Å². The Kier molecular flexibility index (Phi) is 8.70. The molecule has 3 aromatic rings. The number of halogens is 1. The van der Waals surface area contributed by atoms with E-state index < -0.39 is 21.1 Å². The van der Waals surface area contributed by atoms with E-state index in [-0.39, 0.29) is 12.6 Å². The predicted octanol–water partition coefficient (Wildman–Crippen LogP) is 4.33. The van der Waals surface area contributed by atoms with Gasteiger partial charge in [0.05, 0.1) is 12.9 Å². The maximum atomic E-state index is 11.7. The second kappa shape index (κ2) is 11.1. The van der Waals surface area contributed by atoms with Crippen molar-refractivity contribution in [2.75, 3.05) is 29.7 Å². The lowest BCUT2D eigenvalue weighted by molar-refractivity contribution is 0.255. The van der Waals surface area contributed by atoms with Crippen LogP contribution in [-0.4, -0.2) is 53.3 Å². The van der Waals surface area contributed by atoms with Gasteiger partial charge in [-0.3, -0.25) is 9.13 Å². The lowest BCUT2D eigenvalue weighted by Crippen LogP contribution is -2.10. The number of anilines is 3. The standard InChI is InChI=1S/C19H27ClN6O6P2/c1-13(2)26-11-22-16-17(23-15-7-5-6-14(20)10-15)24-19(25-18(16)26)21-8-3-4-9-32-34(30,31)12-33(27,28)29/h5-7,10-11,13H,3-4,8-9,12H2,1-2H3,(H,30,31)(H2,27,28,29)(H2,21,23,24,25). The van der Waals surface area contributed by atoms with Crippen LogP contribution in [0.4, 0.5) is 17.5 Å². The molecule has 2 heterocycles. The summed E-state index contributed by atoms with van der Waals surface area (Å²) in [7, 11) is -8.97. The van der Waals surface area contributed by atoms with E-state index in [0.717, 1.165) is 5.69 Å². The Hall–Kier alpha value is -2.04. The minimum absolute atomic E-state index is 0.114. The Morgan fingerprint density at radius 2 is 1.94 bits per heavy atom. The molecule has 0 radical (unpaired) electrons. The fraction of sp³-hybridized carbons (Fsp3) is 0.421. The number of hydrogen-bond acceptors (Lipinski definition) is 8. The summed E-state index contributed by atoms with van der Waals surface area (Å²) in [4.78, 5) is 40.7. The van der Waals surface area contributed by atoms with Crippen molar-refractivity contribution in [1.82, 2.24) is 19.5 Å². The van der Waals surface area contributed by atoms with Crippen molar-refractivity contribution in [3.05, 3.63) is 35.6 Å². The Labute approximate surface area is 201 Å². The lowest BCUT2D eigenvalue weighted by Gasteiger charge is -2.13. The van der Waals surface area contributed by atoms with E-state index in [4.69, 9.17) is 25.9 Å². The van der Waals surface area contributed by atoms with Crippen molar-refractivity contribution >= 4 is 55.4 Å². The second-order valence-electron chi connectivity index (χ2n) is 7.86. The highest BCUT2D eigenvalue weighted by atomic mass is 35.5. The molecule has 0 aliphatic heterocycles. The molecule has 3 rings (SSSR count). The minimum atomic E-state index is -4.64. The van der Waals surface area contributed by atoms with Crippen molar-refractivity contribution in [2.45, 2.75) is 32.7 Å². The molecule has 0 fully saturated rings. The van der Waals surface area contributed by atoms with Gasteiger partial charge >= 0.3 is 15.2 Å². The second-order valence-corrected chi connectivity index (χ2v) is 12.3. The number of unbranched alkanes of at least 4 members (excludes halogenated alkanes) is 1. The normalized spacial score (nSPS) is 13.9. The summed E-state index contributed by atoms with van der Waals surface area (Å²) in [5, 5.41) is 6.94. The van der Waals surface area contributed by atoms with Gasteiger partial charge in [-0.05, 0) is 44.9 Å². The summed E-state index contributed by atoms with van der Waals surface area (Å²) < 4.78 is 29.2. The summed E-state index contributed by atoms with van der Waals surface area (Å²) in [5.41, 5.74) is 2.01. The first-order chi connectivity index (χ1) is 15.9. The monoisotopic (exact) mass is 532 g/mol. The first kappa shape index (κ1) is 26.6. The van der Waals surface area contributed by atoms with Gasteiger partial charge in [0.1, 0.15) is 0 Å². The zero-order valence-corrected chi connectivity index (χ0v) is 21.2. The summed E-state index contributed by atoms with van der Waals surface area (Å²) in [6, 6.07) is 7.36. The molecule has 186 valence electrons. The van der Waals surface area contributed by atoms with Gasteiger partial charge in [-0.1, -0.05) is 17.7 Å². The SMILES string of the molecule is CC(C)n1cnc2c(Nc3cccc(Cl)c3)nc(NCCCCOP(=O)(O)CP(=O)(O)O)nc21. The fourth-order valence-corrected chi connectivity index (χ4v) is 5.87. The van der Waals surface area contributed by atoms with Gasteiger partial charge in [-0.25, -0.2) is 4.98 Å². The largest absolute Gasteiger partial charge is 0.354 e. The van der Waals surface area contributed by atoms with Gasteiger partial charge in [0.15, 0.2) is 22.9 Å². The van der Waals surface area contributed by atoms with Crippen LogP contribution in [0.2, 0.25) is 5.02 Å². The molecule has 1 atom stereocenters. The molecule has 0 amide bonds. The number of benzene rings is 1. The Bertz CT molecular complexity index is 1230. The number of nitrogens with one attached hydrogen (secondary N) is 2. The summed E-state index contributed by atoms with van der Waals surface area (Å²) >= 11 is 6.09. The number of hydrogen-bond donors (Lipinski definition) is 5. The molecule has 5 N–H and O–H groups in total. The van der Waals surface area contributed by atoms with Crippen LogP contribution in [0.15, 0.2) is 30.6 Å². The third kappa shape index (κ3) is 7.74. The Morgan fingerprint density at radius 3 is 2.62 bits per heavy atom. The average molecular weight is 533 g/mol. The Balaban J connectivity index is 1.66. The van der Waals surface area contributed by atoms with Gasteiger partial charge in [-0.15, -0.1) is 0 Å². The molecule has 0 saturated carbocycles. The molecule has 2 aromatic heterocycles. The van der Waals surface area contributed by atoms with Crippen LogP contribution >= 0.6 is 26.8 Å². The molecule has 1 unspecified atom stereocenters. The van der Waals surface area contributed by atoms with Crippen molar-refractivity contribution < 1.29 is 28.3 Å². The van der Waals surface area contributed by atoms with Crippen LogP contribution in [0.25, 0.3) is 11.2 Å². The molecular formula is C19H27ClN6O6P2. The van der Waals surface area contributed by atoms with Crippen LogP contribution in [-0.2, 0) is 13.7 Å². The maximum Gasteiger partial charge on any atom is 0.340 e. The summed E-state index contributed by atoms with van der Waals surface area (Å²) in [5.74, 6) is -0.316. The van der Waals surface area contributed by atoms with Gasteiger partial charge in [0, 0.05) is 23.3 Å². The van der Waals surface area contributed by atoms with Crippen LogP contribution in [0.1, 0.15) is 32.7 Å². The zero-order valence-electron chi connectivity index (χ0n) is 18.6. The molecule has 15 heteroatoms. The van der Waals surface area contributed by atoms with Gasteiger partial charge in [0.25, 0.3) is 0 Å². The van der Waals surface area contributed by atoms with E-state index in [2.05, 4.69) is 25.6 Å². The molecule has 12 nitrogen and oxygen atoms in total. The summed E-state index contributed by atoms with van der Waals surface area (Å²) in [6.45, 7) is 4.37. The highest BCUT2D eigenvalue weighted by Gasteiger charge is 2.30. The molecular weight excluding hydrogens is 506 g/mol. The molecule has 34 heavy (non-hydrogen) atoms. The fourth-order valence-electron chi connectivity index (χ4n) is 3.07. The summed E-state index contributed by atoms with van der Waals surface area (Å²) in [6.07, 6.45) is 2.63. The highest BCUT2D eigenvalue weighted by molar-refractivity contribution is 7.70. The third-order valence-electron chi connectivity index (χ3n) is 4.58. The quantitative estimate of drug-likeness (QED) is 0.166. The maximum absolute atomic E-state index is 11.7. The van der Waals surface area contributed by atoms with E-state index in [1.54, 1.807) is 18.5 Å². The zero-order chi connectivity index (χ0) is 24.9. The molecule has 0 saturated heterocycles. The number of fused-ring (bicyclic) bond motifs is 1. The van der Waals surface area contributed by atoms with Gasteiger partial charge < -0.3 is 34.4 Å². The predicted molar refractivity (Wildman–Crippen MR) is 131 cm³/mol. The van der Waals surface area contributed by atoms with Crippen molar-refractivity contribution in [1.29, 1.82) is 0 Å². The van der Waals surface area contributed by atoms with Gasteiger partial charge in [0.2, 0.25) is 5.95 Å². The van der Waals surface area contributed by atoms with Crippen molar-refractivity contribution in [3.8, 4) is 0 Å². The van der Waals surface area contributed by atoms with Crippen molar-refractivity contribution in [3.63, 3.8) is 0 Å². The number of aromatic nitrogens is 4. The van der Waals surface area contributed by atoms with E-state index >= 15 is 0 Å². The number of imidazole rings is 1. The number of rotatable bonds is 12. The minimum Gasteiger partial charge on any atom is -0.354 e. The average Bonchev–Trinajstić information content (AvgIpc) is 3.13. The Morgan fingerprint density at radius 1 is 1.18 bits per heavy atom. The molecule has 0 spiro atoms. The first-order valence-electron chi connectivity index (χ1n) is 10.5. The van der Waals surface area contributed by atoms with E-state index in [0.29, 0.717) is 47.3 Å². The smallest absolute Gasteiger partial charge is 0.340 e. The molecule has 0 bridgehead atoms. The molecule has 0 aliphatic carbocycles. The van der Waals surface area contributed by atoms with E-state index in [1.165, 1.54) is 0 Å². The topological polar surface area (TPSA) is 172 Å². The van der Waals surface area contributed by atoms with Gasteiger partial charge in [-0.2, -0.15) is 9.97 Å². The van der Waals surface area contributed by atoms with Crippen LogP contribution in [0.5, 0.6) is 0 Å². The van der Waals surface area contributed by atoms with Crippen molar-refractivity contribution in [2.24, 2.45) is 0 Å². The van der Waals surface area contributed by atoms with E-state index in [1.807, 2.05) is 30.5 Å². The van der Waals surface area contributed by atoms with Crippen LogP contribution < -0.4 is 10.6 Å². The number of nitrogens with zero attached hydrogens (tertiary/aromatic N) is 4. The van der Waals surface area contributed by atoms with E-state index in [9.17, 15) is 14.0 Å². The lowest BCUT2D eigenvalue weighted by atomic mass is 10.3. The van der Waals surface area contributed by atoms with Crippen LogP contribution in [0.3, 0.4) is 0 Å².